The summed E-state index contributed by atoms with van der Waals surface area (Å²) in [4.78, 5) is 20.2. The molecule has 0 aliphatic heterocycles. The fourth-order valence-electron chi connectivity index (χ4n) is 1.04. The van der Waals surface area contributed by atoms with Crippen molar-refractivity contribution in [2.24, 2.45) is 11.5 Å². The van der Waals surface area contributed by atoms with Crippen LogP contribution in [0.5, 0.6) is 11.5 Å². The highest BCUT2D eigenvalue weighted by molar-refractivity contribution is 5.90. The van der Waals surface area contributed by atoms with E-state index in [0.29, 0.717) is 11.1 Å². The summed E-state index contributed by atoms with van der Waals surface area (Å²) in [5.74, 6) is -2.05. The van der Waals surface area contributed by atoms with Gasteiger partial charge in [0.15, 0.2) is 11.5 Å². The maximum Gasteiger partial charge on any atom is 0.320 e. The average Bonchev–Trinajstić information content (AvgIpc) is 2.34. The standard InChI is InChI=1S/C9H11NO4.C4H7NO/c10-6(9(13)14)3-5-1-2-7(11)8(12)4-5;1-3(2)4(5)6/h1-2,4,6,11-12H,3,10H2,(H,13,14);1H2,2H3,(H2,5,6)/t6-;/m0./s1. The molecule has 0 radical (unpaired) electrons. The molecule has 0 fully saturated rings. The summed E-state index contributed by atoms with van der Waals surface area (Å²) in [6, 6.07) is 3.09. The van der Waals surface area contributed by atoms with Gasteiger partial charge in [0, 0.05) is 5.57 Å². The van der Waals surface area contributed by atoms with Crippen LogP contribution in [0, 0.1) is 0 Å². The number of rotatable bonds is 4. The lowest BCUT2D eigenvalue weighted by atomic mass is 10.1. The molecule has 0 spiro atoms. The quantitative estimate of drug-likeness (QED) is 0.391. The number of phenols is 2. The normalized spacial score (nSPS) is 10.9. The van der Waals surface area contributed by atoms with Gasteiger partial charge in [-0.25, -0.2) is 0 Å². The summed E-state index contributed by atoms with van der Waals surface area (Å²) in [5.41, 5.74) is 11.0. The molecule has 0 bridgehead atoms. The molecule has 0 aliphatic rings. The SMILES string of the molecule is C=C(C)C(N)=O.N[C@@H](Cc1ccc(O)c(O)c1)C(=O)O. The topological polar surface area (TPSA) is 147 Å². The Morgan fingerprint density at radius 3 is 2.15 bits per heavy atom. The molecule has 0 aliphatic carbocycles. The zero-order valence-corrected chi connectivity index (χ0v) is 11.0. The molecule has 7 N–H and O–H groups in total. The molecule has 7 heteroatoms. The zero-order valence-electron chi connectivity index (χ0n) is 11.0. The largest absolute Gasteiger partial charge is 0.504 e. The van der Waals surface area contributed by atoms with Crippen LogP contribution in [0.2, 0.25) is 0 Å². The third-order valence-electron chi connectivity index (χ3n) is 2.23. The molecular formula is C13H18N2O5. The Morgan fingerprint density at radius 1 is 1.30 bits per heavy atom. The Labute approximate surface area is 116 Å². The van der Waals surface area contributed by atoms with E-state index in [0.717, 1.165) is 0 Å². The number of benzene rings is 1. The fraction of sp³-hybridized carbons (Fsp3) is 0.231. The van der Waals surface area contributed by atoms with Gasteiger partial charge < -0.3 is 26.8 Å². The van der Waals surface area contributed by atoms with Gasteiger partial charge in [0.25, 0.3) is 0 Å². The highest BCUT2D eigenvalue weighted by atomic mass is 16.4. The van der Waals surface area contributed by atoms with Gasteiger partial charge in [-0.2, -0.15) is 0 Å². The minimum atomic E-state index is -1.10. The van der Waals surface area contributed by atoms with Crippen molar-refractivity contribution in [1.82, 2.24) is 0 Å². The van der Waals surface area contributed by atoms with Gasteiger partial charge in [-0.3, -0.25) is 9.59 Å². The van der Waals surface area contributed by atoms with E-state index in [4.69, 9.17) is 26.8 Å². The van der Waals surface area contributed by atoms with E-state index in [2.05, 4.69) is 6.58 Å². The van der Waals surface area contributed by atoms with Crippen molar-refractivity contribution < 1.29 is 24.9 Å². The number of aromatic hydroxyl groups is 2. The summed E-state index contributed by atoms with van der Waals surface area (Å²) < 4.78 is 0. The van der Waals surface area contributed by atoms with Crippen LogP contribution >= 0.6 is 0 Å². The second kappa shape index (κ2) is 7.80. The second-order valence-corrected chi connectivity index (χ2v) is 4.12. The van der Waals surface area contributed by atoms with Crippen molar-refractivity contribution in [1.29, 1.82) is 0 Å². The smallest absolute Gasteiger partial charge is 0.320 e. The molecule has 7 nitrogen and oxygen atoms in total. The number of nitrogens with two attached hydrogens (primary N) is 2. The van der Waals surface area contributed by atoms with E-state index in [1.165, 1.54) is 18.2 Å². The molecule has 1 atom stereocenters. The van der Waals surface area contributed by atoms with Crippen LogP contribution in [0.25, 0.3) is 0 Å². The molecular weight excluding hydrogens is 264 g/mol. The minimum absolute atomic E-state index is 0.114. The zero-order chi connectivity index (χ0) is 15.9. The third-order valence-corrected chi connectivity index (χ3v) is 2.23. The number of carboxylic acids is 1. The fourth-order valence-corrected chi connectivity index (χ4v) is 1.04. The summed E-state index contributed by atoms with van der Waals surface area (Å²) in [6.45, 7) is 4.85. The maximum atomic E-state index is 10.4. The van der Waals surface area contributed by atoms with Gasteiger partial charge in [0.1, 0.15) is 6.04 Å². The van der Waals surface area contributed by atoms with Crippen LogP contribution in [0.15, 0.2) is 30.4 Å². The summed E-state index contributed by atoms with van der Waals surface area (Å²) in [7, 11) is 0. The minimum Gasteiger partial charge on any atom is -0.504 e. The Morgan fingerprint density at radius 2 is 1.80 bits per heavy atom. The van der Waals surface area contributed by atoms with E-state index in [1.807, 2.05) is 0 Å². The van der Waals surface area contributed by atoms with Crippen molar-refractivity contribution in [2.45, 2.75) is 19.4 Å². The highest BCUT2D eigenvalue weighted by Gasteiger charge is 2.12. The average molecular weight is 282 g/mol. The molecule has 1 aromatic rings. The van der Waals surface area contributed by atoms with Crippen LogP contribution in [0.1, 0.15) is 12.5 Å². The van der Waals surface area contributed by atoms with Crippen molar-refractivity contribution in [2.75, 3.05) is 0 Å². The first kappa shape index (κ1) is 17.5. The van der Waals surface area contributed by atoms with Crippen molar-refractivity contribution in [3.05, 3.63) is 35.9 Å². The van der Waals surface area contributed by atoms with Gasteiger partial charge >= 0.3 is 5.97 Å². The van der Waals surface area contributed by atoms with Gasteiger partial charge in [-0.15, -0.1) is 0 Å². The number of amides is 1. The first-order valence-corrected chi connectivity index (χ1v) is 5.59. The predicted molar refractivity (Wildman–Crippen MR) is 73.1 cm³/mol. The van der Waals surface area contributed by atoms with Crippen LogP contribution < -0.4 is 11.5 Å². The van der Waals surface area contributed by atoms with Gasteiger partial charge in [0.05, 0.1) is 0 Å². The lowest BCUT2D eigenvalue weighted by Gasteiger charge is -2.06. The monoisotopic (exact) mass is 282 g/mol. The Hall–Kier alpha value is -2.54. The lowest BCUT2D eigenvalue weighted by Crippen LogP contribution is -2.32. The summed E-state index contributed by atoms with van der Waals surface area (Å²) >= 11 is 0. The first-order chi connectivity index (χ1) is 9.15. The molecule has 0 saturated heterocycles. The van der Waals surface area contributed by atoms with Crippen molar-refractivity contribution in [3.63, 3.8) is 0 Å². The molecule has 0 heterocycles. The van der Waals surface area contributed by atoms with Gasteiger partial charge in [-0.1, -0.05) is 12.6 Å². The summed E-state index contributed by atoms with van der Waals surface area (Å²) in [5, 5.41) is 26.6. The van der Waals surface area contributed by atoms with E-state index < -0.39 is 17.9 Å². The van der Waals surface area contributed by atoms with Crippen LogP contribution in [0.4, 0.5) is 0 Å². The van der Waals surface area contributed by atoms with E-state index in [1.54, 1.807) is 6.92 Å². The highest BCUT2D eigenvalue weighted by Crippen LogP contribution is 2.25. The lowest BCUT2D eigenvalue weighted by molar-refractivity contribution is -0.138. The molecule has 1 amide bonds. The Bertz CT molecular complexity index is 501. The number of hydrogen-bond acceptors (Lipinski definition) is 5. The van der Waals surface area contributed by atoms with Gasteiger partial charge in [0.2, 0.25) is 5.91 Å². The molecule has 20 heavy (non-hydrogen) atoms. The second-order valence-electron chi connectivity index (χ2n) is 4.12. The van der Waals surface area contributed by atoms with Crippen LogP contribution in [0.3, 0.4) is 0 Å². The molecule has 0 aromatic heterocycles. The third kappa shape index (κ3) is 6.41. The number of carboxylic acid groups (broad SMARTS) is 1. The van der Waals surface area contributed by atoms with Gasteiger partial charge in [-0.05, 0) is 31.0 Å². The van der Waals surface area contributed by atoms with Crippen LogP contribution in [-0.4, -0.2) is 33.2 Å². The number of aliphatic carboxylic acids is 1. The van der Waals surface area contributed by atoms with Crippen LogP contribution in [-0.2, 0) is 16.0 Å². The van der Waals surface area contributed by atoms with E-state index in [-0.39, 0.29) is 17.9 Å². The maximum absolute atomic E-state index is 10.4. The number of primary amides is 1. The predicted octanol–water partition coefficient (Wildman–Crippen LogP) is 0.100. The Balaban J connectivity index is 0.000000511. The van der Waals surface area contributed by atoms with E-state index >= 15 is 0 Å². The molecule has 0 saturated carbocycles. The first-order valence-electron chi connectivity index (χ1n) is 5.59. The van der Waals surface area contributed by atoms with Crippen molar-refractivity contribution in [3.8, 4) is 11.5 Å². The number of phenolic OH excluding ortho intramolecular Hbond substituents is 2. The Kier molecular flexibility index (Phi) is 6.81. The molecule has 1 rings (SSSR count). The molecule has 110 valence electrons. The van der Waals surface area contributed by atoms with Crippen molar-refractivity contribution >= 4 is 11.9 Å². The number of hydrogen-bond donors (Lipinski definition) is 5. The molecule has 0 unspecified atom stereocenters. The summed E-state index contributed by atoms with van der Waals surface area (Å²) in [6.07, 6.45) is 0.114. The van der Waals surface area contributed by atoms with E-state index in [9.17, 15) is 9.59 Å². The molecule has 1 aromatic carbocycles. The number of carbonyl (C=O) groups is 2. The number of carbonyl (C=O) groups excluding carboxylic acids is 1.